The molecule has 0 spiro atoms. The molecule has 4 aromatic carbocycles. The van der Waals surface area contributed by atoms with Crippen LogP contribution >= 0.6 is 12.4 Å². The number of fused-ring (bicyclic) bond motifs is 2. The smallest absolute Gasteiger partial charge is 0.421 e. The van der Waals surface area contributed by atoms with Crippen LogP contribution in [0, 0.1) is 0 Å². The second-order valence-corrected chi connectivity index (χ2v) is 13.2. The number of aromatic amines is 1. The zero-order chi connectivity index (χ0) is 38.7. The SMILES string of the molecule is CC(C)(C)OC(=O)n1c(-c2cccc(NC(=O)c3ccc4c(c3)OCO4)c2)cnc1N.Cl.Nc1ncc(-c2cccc(NC(=O)c3ccc4c(c3)OCO4)c2)[nH]1. The first-order valence-corrected chi connectivity index (χ1v) is 16.9. The highest BCUT2D eigenvalue weighted by molar-refractivity contribution is 6.05. The molecule has 288 valence electrons. The highest BCUT2D eigenvalue weighted by Crippen LogP contribution is 2.34. The minimum Gasteiger partial charge on any atom is -0.454 e. The van der Waals surface area contributed by atoms with Crippen LogP contribution in [0.25, 0.3) is 22.5 Å². The van der Waals surface area contributed by atoms with Gasteiger partial charge < -0.3 is 50.8 Å². The number of nitrogens with zero attached hydrogens (tertiary/aromatic N) is 3. The molecule has 2 aliphatic rings. The molecular formula is C39H37ClN8O8. The molecule has 4 heterocycles. The summed E-state index contributed by atoms with van der Waals surface area (Å²) in [6.07, 6.45) is 2.50. The number of carbonyl (C=O) groups is 3. The fourth-order valence-corrected chi connectivity index (χ4v) is 5.56. The average Bonchev–Trinajstić information content (AvgIpc) is 3.98. The third-order valence-electron chi connectivity index (χ3n) is 8.08. The standard InChI is InChI=1S/C22H22N4O5.C17H14N4O3.ClH/c1-22(2,3)31-21(28)26-16(11-24-20(26)23)13-5-4-6-15(9-13)25-19(27)14-7-8-17-18(10-14)30-12-29-17;18-17-19-8-13(21-17)10-2-1-3-12(6-10)20-16(22)11-4-5-14-15(7-11)24-9-23-14;/h4-11H,12H2,1-3H3,(H2,23,24)(H,25,27);1-8H,9H2,(H,20,22)(H3,18,19,21);1H. The van der Waals surface area contributed by atoms with E-state index in [-0.39, 0.29) is 43.8 Å². The number of hydrogen-bond acceptors (Lipinski definition) is 12. The molecule has 56 heavy (non-hydrogen) atoms. The summed E-state index contributed by atoms with van der Waals surface area (Å²) < 4.78 is 27.8. The first kappa shape index (κ1) is 38.5. The highest BCUT2D eigenvalue weighted by atomic mass is 35.5. The number of hydrogen-bond donors (Lipinski definition) is 5. The van der Waals surface area contributed by atoms with Gasteiger partial charge in [-0.25, -0.2) is 19.3 Å². The topological polar surface area (TPSA) is 220 Å². The van der Waals surface area contributed by atoms with Gasteiger partial charge in [-0.15, -0.1) is 12.4 Å². The molecule has 0 radical (unpaired) electrons. The maximum atomic E-state index is 12.7. The van der Waals surface area contributed by atoms with Gasteiger partial charge in [-0.05, 0) is 81.4 Å². The maximum Gasteiger partial charge on any atom is 0.421 e. The Morgan fingerprint density at radius 2 is 1.25 bits per heavy atom. The van der Waals surface area contributed by atoms with Gasteiger partial charge in [0, 0.05) is 33.6 Å². The molecule has 16 nitrogen and oxygen atoms in total. The van der Waals surface area contributed by atoms with Gasteiger partial charge in [-0.3, -0.25) is 9.59 Å². The molecule has 2 aromatic heterocycles. The molecule has 6 aromatic rings. The number of aromatic nitrogens is 4. The summed E-state index contributed by atoms with van der Waals surface area (Å²) in [6, 6.07) is 24.5. The largest absolute Gasteiger partial charge is 0.454 e. The number of imidazole rings is 2. The number of carbonyl (C=O) groups excluding carboxylic acids is 3. The zero-order valence-corrected chi connectivity index (χ0v) is 31.1. The number of nitrogen functional groups attached to an aromatic ring is 2. The Bertz CT molecular complexity index is 2420. The molecule has 7 N–H and O–H groups in total. The summed E-state index contributed by atoms with van der Waals surface area (Å²) in [5.41, 5.74) is 15.7. The number of anilines is 4. The molecule has 0 bridgehead atoms. The number of amides is 2. The normalized spacial score (nSPS) is 12.1. The maximum absolute atomic E-state index is 12.7. The van der Waals surface area contributed by atoms with Crippen LogP contribution in [0.3, 0.4) is 0 Å². The minimum atomic E-state index is -0.689. The fourth-order valence-electron chi connectivity index (χ4n) is 5.56. The monoisotopic (exact) mass is 780 g/mol. The third-order valence-corrected chi connectivity index (χ3v) is 8.08. The lowest BCUT2D eigenvalue weighted by molar-refractivity contribution is 0.0543. The van der Waals surface area contributed by atoms with E-state index < -0.39 is 11.7 Å². The van der Waals surface area contributed by atoms with E-state index in [4.69, 9.17) is 35.2 Å². The summed E-state index contributed by atoms with van der Waals surface area (Å²) in [6.45, 7) is 5.62. The minimum absolute atomic E-state index is 0. The van der Waals surface area contributed by atoms with Gasteiger partial charge in [0.1, 0.15) is 5.60 Å². The van der Waals surface area contributed by atoms with Crippen LogP contribution in [0.2, 0.25) is 0 Å². The number of ether oxygens (including phenoxy) is 5. The van der Waals surface area contributed by atoms with Crippen molar-refractivity contribution in [3.05, 3.63) is 108 Å². The fraction of sp³-hybridized carbons (Fsp3) is 0.154. The van der Waals surface area contributed by atoms with Crippen molar-refractivity contribution in [3.8, 4) is 45.5 Å². The van der Waals surface area contributed by atoms with Crippen LogP contribution in [-0.4, -0.2) is 56.6 Å². The van der Waals surface area contributed by atoms with Gasteiger partial charge in [0.15, 0.2) is 28.9 Å². The van der Waals surface area contributed by atoms with E-state index >= 15 is 0 Å². The quantitative estimate of drug-likeness (QED) is 0.116. The predicted octanol–water partition coefficient (Wildman–Crippen LogP) is 6.96. The molecule has 0 unspecified atom stereocenters. The Morgan fingerprint density at radius 1 is 0.714 bits per heavy atom. The first-order valence-electron chi connectivity index (χ1n) is 16.9. The lowest BCUT2D eigenvalue weighted by atomic mass is 10.1. The second kappa shape index (κ2) is 16.0. The number of halogens is 1. The predicted molar refractivity (Wildman–Crippen MR) is 210 cm³/mol. The van der Waals surface area contributed by atoms with Gasteiger partial charge in [0.2, 0.25) is 19.5 Å². The van der Waals surface area contributed by atoms with Gasteiger partial charge in [0.05, 0.1) is 23.8 Å². The molecule has 0 saturated heterocycles. The van der Waals surface area contributed by atoms with Crippen molar-refractivity contribution in [1.29, 1.82) is 0 Å². The molecule has 0 saturated carbocycles. The molecule has 2 amide bonds. The summed E-state index contributed by atoms with van der Waals surface area (Å²) in [5, 5.41) is 5.71. The summed E-state index contributed by atoms with van der Waals surface area (Å²) in [7, 11) is 0. The van der Waals surface area contributed by atoms with E-state index in [1.54, 1.807) is 87.6 Å². The van der Waals surface area contributed by atoms with Crippen LogP contribution in [-0.2, 0) is 4.74 Å². The number of rotatable bonds is 6. The first-order chi connectivity index (χ1) is 26.4. The lowest BCUT2D eigenvalue weighted by Crippen LogP contribution is -2.28. The number of nitrogens with one attached hydrogen (secondary N) is 3. The van der Waals surface area contributed by atoms with E-state index in [1.807, 2.05) is 24.3 Å². The van der Waals surface area contributed by atoms with E-state index in [9.17, 15) is 14.4 Å². The van der Waals surface area contributed by atoms with E-state index in [2.05, 4.69) is 25.6 Å². The van der Waals surface area contributed by atoms with Crippen molar-refractivity contribution in [2.45, 2.75) is 26.4 Å². The Balaban J connectivity index is 0.000000192. The van der Waals surface area contributed by atoms with Crippen molar-refractivity contribution in [3.63, 3.8) is 0 Å². The van der Waals surface area contributed by atoms with E-state index in [0.29, 0.717) is 62.7 Å². The lowest BCUT2D eigenvalue weighted by Gasteiger charge is -2.20. The molecule has 0 aliphatic carbocycles. The van der Waals surface area contributed by atoms with Gasteiger partial charge in [0.25, 0.3) is 11.8 Å². The van der Waals surface area contributed by atoms with Crippen molar-refractivity contribution < 1.29 is 38.1 Å². The summed E-state index contributed by atoms with van der Waals surface area (Å²) in [5.74, 6) is 2.17. The third kappa shape index (κ3) is 8.77. The number of nitrogens with two attached hydrogens (primary N) is 2. The highest BCUT2D eigenvalue weighted by Gasteiger charge is 2.24. The summed E-state index contributed by atoms with van der Waals surface area (Å²) >= 11 is 0. The van der Waals surface area contributed by atoms with Gasteiger partial charge in [-0.2, -0.15) is 0 Å². The van der Waals surface area contributed by atoms with Crippen molar-refractivity contribution >= 4 is 53.6 Å². The van der Waals surface area contributed by atoms with Gasteiger partial charge >= 0.3 is 6.09 Å². The Labute approximate surface area is 326 Å². The molecule has 0 atom stereocenters. The van der Waals surface area contributed by atoms with E-state index in [1.165, 1.54) is 10.8 Å². The second-order valence-electron chi connectivity index (χ2n) is 13.2. The van der Waals surface area contributed by atoms with Crippen LogP contribution in [0.1, 0.15) is 41.5 Å². The summed E-state index contributed by atoms with van der Waals surface area (Å²) in [4.78, 5) is 48.7. The van der Waals surface area contributed by atoms with Crippen molar-refractivity contribution in [2.75, 3.05) is 35.7 Å². The van der Waals surface area contributed by atoms with Crippen LogP contribution in [0.5, 0.6) is 23.0 Å². The molecule has 2 aliphatic heterocycles. The Kier molecular flexibility index (Phi) is 11.0. The van der Waals surface area contributed by atoms with Crippen LogP contribution in [0.4, 0.5) is 28.1 Å². The van der Waals surface area contributed by atoms with Crippen LogP contribution in [0.15, 0.2) is 97.3 Å². The van der Waals surface area contributed by atoms with Crippen molar-refractivity contribution in [1.82, 2.24) is 19.5 Å². The average molecular weight is 781 g/mol. The molecule has 8 rings (SSSR count). The molecular weight excluding hydrogens is 744 g/mol. The number of H-pyrrole nitrogens is 1. The van der Waals surface area contributed by atoms with E-state index in [0.717, 1.165) is 11.3 Å². The molecule has 0 fully saturated rings. The Morgan fingerprint density at radius 3 is 1.79 bits per heavy atom. The molecule has 17 heteroatoms. The Hall–Kier alpha value is -7.20. The van der Waals surface area contributed by atoms with Crippen molar-refractivity contribution in [2.24, 2.45) is 0 Å². The number of benzene rings is 4. The zero-order valence-electron chi connectivity index (χ0n) is 30.3. The van der Waals surface area contributed by atoms with Crippen LogP contribution < -0.4 is 41.0 Å². The van der Waals surface area contributed by atoms with Gasteiger partial charge in [-0.1, -0.05) is 24.3 Å².